The van der Waals surface area contributed by atoms with E-state index in [1.54, 1.807) is 0 Å². The van der Waals surface area contributed by atoms with Crippen LogP contribution < -0.4 is 11.2 Å². The van der Waals surface area contributed by atoms with Crippen LogP contribution in [-0.4, -0.2) is 25.1 Å². The third-order valence-corrected chi connectivity index (χ3v) is 4.54. The Labute approximate surface area is 148 Å². The third-order valence-electron chi connectivity index (χ3n) is 3.13. The first kappa shape index (κ1) is 20.1. The van der Waals surface area contributed by atoms with Crippen LogP contribution in [0, 0.1) is 11.2 Å². The van der Waals surface area contributed by atoms with E-state index in [-0.39, 0.29) is 45.5 Å². The normalized spacial score (nSPS) is 11.0. The molecule has 3 N–H and O–H groups in total. The number of rotatable bonds is 4. The molecule has 0 unspecified atom stereocenters. The molecule has 0 atom stereocenters. The van der Waals surface area contributed by atoms with Crippen molar-refractivity contribution in [2.45, 2.75) is 11.4 Å². The number of hydrogen-bond donors (Lipinski definition) is 2. The Kier molecular flexibility index (Phi) is 6.15. The maximum Gasteiger partial charge on any atom is 0.252 e. The van der Waals surface area contributed by atoms with E-state index in [0.29, 0.717) is 0 Å². The van der Waals surface area contributed by atoms with Gasteiger partial charge in [-0.1, -0.05) is 11.6 Å². The highest BCUT2D eigenvalue weighted by Crippen LogP contribution is 2.19. The van der Waals surface area contributed by atoms with Crippen molar-refractivity contribution >= 4 is 39.8 Å². The molecule has 2 rings (SSSR count). The summed E-state index contributed by atoms with van der Waals surface area (Å²) in [6.07, 6.45) is 2.34. The summed E-state index contributed by atoms with van der Waals surface area (Å²) in [4.78, 5) is 11.3. The van der Waals surface area contributed by atoms with Gasteiger partial charge in [-0.3, -0.25) is 10.2 Å². The van der Waals surface area contributed by atoms with E-state index < -0.39 is 21.6 Å². The maximum atomic E-state index is 13.5. The fourth-order valence-corrected chi connectivity index (χ4v) is 3.28. The van der Waals surface area contributed by atoms with Crippen molar-refractivity contribution in [3.05, 3.63) is 57.9 Å². The van der Waals surface area contributed by atoms with Gasteiger partial charge in [-0.05, 0) is 29.8 Å². The van der Waals surface area contributed by atoms with Gasteiger partial charge in [0, 0.05) is 12.5 Å². The average molecular weight is 394 g/mol. The van der Waals surface area contributed by atoms with Crippen molar-refractivity contribution in [2.75, 3.05) is 6.26 Å². The number of nitrogens with one attached hydrogen (secondary N) is 1. The van der Waals surface area contributed by atoms with Gasteiger partial charge in [0.1, 0.15) is 11.3 Å². The first-order chi connectivity index (χ1) is 10.6. The summed E-state index contributed by atoms with van der Waals surface area (Å²) in [5, 5.41) is 8.11. The number of halogens is 3. The van der Waals surface area contributed by atoms with Crippen LogP contribution in [0.2, 0.25) is 5.02 Å². The summed E-state index contributed by atoms with van der Waals surface area (Å²) in [7, 11) is -3.59. The van der Waals surface area contributed by atoms with Crippen molar-refractivity contribution in [3.63, 3.8) is 0 Å². The molecule has 1 aromatic carbocycles. The van der Waals surface area contributed by atoms with Gasteiger partial charge < -0.3 is 10.3 Å². The molecule has 2 aromatic rings. The van der Waals surface area contributed by atoms with Crippen LogP contribution in [0.4, 0.5) is 4.39 Å². The lowest BCUT2D eigenvalue weighted by Gasteiger charge is -2.13. The maximum absolute atomic E-state index is 13.5. The van der Waals surface area contributed by atoms with Crippen molar-refractivity contribution in [1.29, 1.82) is 5.41 Å². The van der Waals surface area contributed by atoms with Crippen molar-refractivity contribution in [1.82, 2.24) is 4.57 Å². The number of amides is 1. The van der Waals surface area contributed by atoms with E-state index >= 15 is 0 Å². The molecule has 0 saturated heterocycles. The number of carbonyl (C=O) groups is 1. The van der Waals surface area contributed by atoms with Crippen molar-refractivity contribution in [2.24, 2.45) is 5.73 Å². The number of primary amides is 1. The molecule has 130 valence electrons. The lowest BCUT2D eigenvalue weighted by molar-refractivity contribution is 0.0997. The first-order valence-corrected chi connectivity index (χ1v) is 8.59. The molecule has 0 aliphatic heterocycles. The van der Waals surface area contributed by atoms with Gasteiger partial charge in [-0.2, -0.15) is 0 Å². The Morgan fingerprint density at radius 3 is 2.54 bits per heavy atom. The summed E-state index contributed by atoms with van der Waals surface area (Å²) in [5.41, 5.74) is 4.96. The minimum atomic E-state index is -3.59. The largest absolute Gasteiger partial charge is 0.365 e. The zero-order valence-corrected chi connectivity index (χ0v) is 14.8. The summed E-state index contributed by atoms with van der Waals surface area (Å²) >= 11 is 5.89. The number of sulfone groups is 1. The number of aromatic nitrogens is 1. The van der Waals surface area contributed by atoms with E-state index in [1.165, 1.54) is 16.8 Å². The SMILES string of the molecule is CS(=O)(=O)c1ccc(F)cc1Cn1cc(Cl)cc(C(N)=O)c1=N.Cl. The standard InChI is InChI=1S/C14H13ClFN3O3S.ClH/c1-23(21,22)12-3-2-10(16)4-8(12)6-19-7-9(15)5-11(13(19)17)14(18)20;/h2-5,7,17H,6H2,1H3,(H2,18,20);1H. The summed E-state index contributed by atoms with van der Waals surface area (Å²) < 4.78 is 38.3. The first-order valence-electron chi connectivity index (χ1n) is 6.32. The fraction of sp³-hybridized carbons (Fsp3) is 0.143. The number of hydrogen-bond acceptors (Lipinski definition) is 4. The number of pyridine rings is 1. The Morgan fingerprint density at radius 1 is 1.38 bits per heavy atom. The molecular weight excluding hydrogens is 380 g/mol. The molecule has 6 nitrogen and oxygen atoms in total. The van der Waals surface area contributed by atoms with Crippen LogP contribution in [0.5, 0.6) is 0 Å². The second kappa shape index (κ2) is 7.33. The third kappa shape index (κ3) is 4.34. The van der Waals surface area contributed by atoms with Crippen molar-refractivity contribution < 1.29 is 17.6 Å². The summed E-state index contributed by atoms with van der Waals surface area (Å²) in [6, 6.07) is 4.50. The van der Waals surface area contributed by atoms with Crippen LogP contribution >= 0.6 is 24.0 Å². The molecule has 10 heteroatoms. The zero-order chi connectivity index (χ0) is 17.4. The number of nitrogens with zero attached hydrogens (tertiary/aromatic N) is 1. The molecule has 0 bridgehead atoms. The van der Waals surface area contributed by atoms with Crippen LogP contribution in [-0.2, 0) is 16.4 Å². The second-order valence-electron chi connectivity index (χ2n) is 4.94. The molecular formula is C14H14Cl2FN3O3S. The highest BCUT2D eigenvalue weighted by molar-refractivity contribution is 7.90. The minimum absolute atomic E-state index is 0. The second-order valence-corrected chi connectivity index (χ2v) is 7.36. The van der Waals surface area contributed by atoms with E-state index in [9.17, 15) is 17.6 Å². The fourth-order valence-electron chi connectivity index (χ4n) is 2.14. The molecule has 1 heterocycles. The molecule has 24 heavy (non-hydrogen) atoms. The summed E-state index contributed by atoms with van der Waals surface area (Å²) in [6.45, 7) is -0.153. The Hall–Kier alpha value is -1.90. The molecule has 0 spiro atoms. The van der Waals surface area contributed by atoms with Crippen molar-refractivity contribution in [3.8, 4) is 0 Å². The molecule has 0 fully saturated rings. The molecule has 0 radical (unpaired) electrons. The Balaban J connectivity index is 0.00000288. The van der Waals surface area contributed by atoms with E-state index in [2.05, 4.69) is 0 Å². The van der Waals surface area contributed by atoms with Crippen LogP contribution in [0.25, 0.3) is 0 Å². The highest BCUT2D eigenvalue weighted by atomic mass is 35.5. The average Bonchev–Trinajstić information content (AvgIpc) is 2.40. The van der Waals surface area contributed by atoms with Gasteiger partial charge in [-0.25, -0.2) is 12.8 Å². The lowest BCUT2D eigenvalue weighted by atomic mass is 10.2. The Morgan fingerprint density at radius 2 is 2.00 bits per heavy atom. The molecule has 1 amide bonds. The van der Waals surface area contributed by atoms with Gasteiger partial charge in [0.15, 0.2) is 9.84 Å². The lowest BCUT2D eigenvalue weighted by Crippen LogP contribution is -2.30. The number of nitrogens with two attached hydrogens (primary N) is 1. The number of carbonyl (C=O) groups excluding carboxylic acids is 1. The van der Waals surface area contributed by atoms with Gasteiger partial charge in [0.2, 0.25) is 0 Å². The van der Waals surface area contributed by atoms with E-state index in [0.717, 1.165) is 24.5 Å². The van der Waals surface area contributed by atoms with E-state index in [4.69, 9.17) is 22.7 Å². The van der Waals surface area contributed by atoms with E-state index in [1.807, 2.05) is 0 Å². The van der Waals surface area contributed by atoms with Gasteiger partial charge in [0.25, 0.3) is 5.91 Å². The monoisotopic (exact) mass is 393 g/mol. The molecule has 0 saturated carbocycles. The topological polar surface area (TPSA) is 106 Å². The molecule has 0 aliphatic carbocycles. The predicted octanol–water partition coefficient (Wildman–Crippen LogP) is 1.73. The Bertz CT molecular complexity index is 958. The molecule has 1 aromatic heterocycles. The quantitative estimate of drug-likeness (QED) is 0.772. The van der Waals surface area contributed by atoms with Gasteiger partial charge >= 0.3 is 0 Å². The van der Waals surface area contributed by atoms with Crippen LogP contribution in [0.1, 0.15) is 15.9 Å². The smallest absolute Gasteiger partial charge is 0.252 e. The van der Waals surface area contributed by atoms with Crippen LogP contribution in [0.3, 0.4) is 0 Å². The highest BCUT2D eigenvalue weighted by Gasteiger charge is 2.16. The minimum Gasteiger partial charge on any atom is -0.365 e. The number of benzene rings is 1. The van der Waals surface area contributed by atoms with Crippen LogP contribution in [0.15, 0.2) is 35.4 Å². The summed E-state index contributed by atoms with van der Waals surface area (Å²) in [5.74, 6) is -1.45. The van der Waals surface area contributed by atoms with Gasteiger partial charge in [-0.15, -0.1) is 12.4 Å². The zero-order valence-electron chi connectivity index (χ0n) is 12.4. The van der Waals surface area contributed by atoms with Gasteiger partial charge in [0.05, 0.1) is 22.0 Å². The molecule has 0 aliphatic rings. The predicted molar refractivity (Wildman–Crippen MR) is 89.7 cm³/mol.